The molecule has 2 rings (SSSR count). The molecule has 0 aromatic carbocycles. The van der Waals surface area contributed by atoms with Crippen molar-refractivity contribution in [2.45, 2.75) is 58.5 Å². The third kappa shape index (κ3) is 5.22. The van der Waals surface area contributed by atoms with Crippen LogP contribution in [0.3, 0.4) is 0 Å². The number of thiophene rings is 1. The Kier molecular flexibility index (Phi) is 5.82. The minimum Gasteiger partial charge on any atom is -0.377 e. The van der Waals surface area contributed by atoms with E-state index >= 15 is 0 Å². The molecule has 0 spiro atoms. The molecule has 2 atom stereocenters. The van der Waals surface area contributed by atoms with Gasteiger partial charge in [-0.15, -0.1) is 11.3 Å². The Morgan fingerprint density at radius 3 is 2.68 bits per heavy atom. The van der Waals surface area contributed by atoms with Gasteiger partial charge in [0, 0.05) is 22.8 Å². The maximum Gasteiger partial charge on any atom is 0.0625 e. The number of ether oxygens (including phenoxy) is 2. The predicted molar refractivity (Wildman–Crippen MR) is 79.7 cm³/mol. The second kappa shape index (κ2) is 7.39. The topological polar surface area (TPSA) is 30.5 Å². The van der Waals surface area contributed by atoms with Crippen molar-refractivity contribution in [3.05, 3.63) is 21.9 Å². The molecule has 0 bridgehead atoms. The van der Waals surface area contributed by atoms with Gasteiger partial charge in [0.1, 0.15) is 0 Å². The van der Waals surface area contributed by atoms with Crippen molar-refractivity contribution in [2.24, 2.45) is 0 Å². The maximum atomic E-state index is 5.93. The van der Waals surface area contributed by atoms with Crippen molar-refractivity contribution >= 4 is 11.3 Å². The first-order chi connectivity index (χ1) is 9.13. The van der Waals surface area contributed by atoms with Crippen molar-refractivity contribution in [3.8, 4) is 0 Å². The minimum absolute atomic E-state index is 0.329. The van der Waals surface area contributed by atoms with Gasteiger partial charge in [0.2, 0.25) is 0 Å². The van der Waals surface area contributed by atoms with Crippen LogP contribution in [0.2, 0.25) is 0 Å². The van der Waals surface area contributed by atoms with E-state index < -0.39 is 0 Å². The summed E-state index contributed by atoms with van der Waals surface area (Å²) in [5.41, 5.74) is 0. The molecule has 4 heteroatoms. The molecule has 3 nitrogen and oxygen atoms in total. The number of hydrogen-bond acceptors (Lipinski definition) is 4. The Morgan fingerprint density at radius 2 is 2.05 bits per heavy atom. The molecule has 1 saturated heterocycles. The fourth-order valence-electron chi connectivity index (χ4n) is 2.57. The third-order valence-electron chi connectivity index (χ3n) is 3.38. The molecule has 108 valence electrons. The summed E-state index contributed by atoms with van der Waals surface area (Å²) >= 11 is 1.85. The molecule has 1 aromatic heterocycles. The van der Waals surface area contributed by atoms with Gasteiger partial charge in [0.15, 0.2) is 0 Å². The molecule has 1 N–H and O–H groups in total. The van der Waals surface area contributed by atoms with Crippen LogP contribution >= 0.6 is 11.3 Å². The van der Waals surface area contributed by atoms with Gasteiger partial charge in [0.05, 0.1) is 24.9 Å². The molecule has 2 heterocycles. The Morgan fingerprint density at radius 1 is 1.32 bits per heavy atom. The van der Waals surface area contributed by atoms with Crippen LogP contribution in [-0.2, 0) is 16.0 Å². The van der Waals surface area contributed by atoms with Crippen molar-refractivity contribution in [1.82, 2.24) is 5.32 Å². The number of aryl methyl sites for hydroxylation is 1. The van der Waals surface area contributed by atoms with E-state index in [1.165, 1.54) is 9.75 Å². The monoisotopic (exact) mass is 283 g/mol. The van der Waals surface area contributed by atoms with Crippen LogP contribution in [0.25, 0.3) is 0 Å². The zero-order valence-corrected chi connectivity index (χ0v) is 13.0. The fraction of sp³-hybridized carbons (Fsp3) is 0.733. The fourth-order valence-corrected chi connectivity index (χ4v) is 3.43. The zero-order chi connectivity index (χ0) is 13.7. The van der Waals surface area contributed by atoms with Crippen LogP contribution in [-0.4, -0.2) is 31.5 Å². The molecular formula is C15H25NO2S. The second-order valence-corrected chi connectivity index (χ2v) is 6.78. The van der Waals surface area contributed by atoms with E-state index in [4.69, 9.17) is 9.47 Å². The lowest BCUT2D eigenvalue weighted by atomic mass is 10.0. The Labute approximate surface area is 120 Å². The van der Waals surface area contributed by atoms with E-state index in [2.05, 4.69) is 38.2 Å². The lowest BCUT2D eigenvalue weighted by Crippen LogP contribution is -2.35. The van der Waals surface area contributed by atoms with Gasteiger partial charge in [-0.2, -0.15) is 0 Å². The number of rotatable bonds is 6. The van der Waals surface area contributed by atoms with Gasteiger partial charge in [0.25, 0.3) is 0 Å². The van der Waals surface area contributed by atoms with Crippen LogP contribution in [0.15, 0.2) is 12.1 Å². The molecule has 0 aliphatic carbocycles. The van der Waals surface area contributed by atoms with Crippen LogP contribution in [0.1, 0.15) is 36.4 Å². The largest absolute Gasteiger partial charge is 0.377 e. The molecule has 0 saturated carbocycles. The van der Waals surface area contributed by atoms with Crippen molar-refractivity contribution < 1.29 is 9.47 Å². The standard InChI is InChI=1S/C15H25NO2S/c1-11-8-14(9-12(2)18-11)17-7-6-16-10-15-5-4-13(3)19-15/h4-5,11-12,14,16H,6-10H2,1-3H3. The third-order valence-corrected chi connectivity index (χ3v) is 4.38. The highest BCUT2D eigenvalue weighted by molar-refractivity contribution is 7.11. The summed E-state index contributed by atoms with van der Waals surface area (Å²) in [6.45, 7) is 9.05. The summed E-state index contributed by atoms with van der Waals surface area (Å²) in [5.74, 6) is 0. The summed E-state index contributed by atoms with van der Waals surface area (Å²) in [5, 5.41) is 3.43. The first-order valence-electron chi connectivity index (χ1n) is 7.16. The van der Waals surface area contributed by atoms with E-state index in [0.29, 0.717) is 18.3 Å². The van der Waals surface area contributed by atoms with Gasteiger partial charge < -0.3 is 14.8 Å². The van der Waals surface area contributed by atoms with Gasteiger partial charge >= 0.3 is 0 Å². The van der Waals surface area contributed by atoms with Crippen molar-refractivity contribution in [1.29, 1.82) is 0 Å². The van der Waals surface area contributed by atoms with Crippen LogP contribution in [0.5, 0.6) is 0 Å². The van der Waals surface area contributed by atoms with Gasteiger partial charge in [-0.1, -0.05) is 0 Å². The van der Waals surface area contributed by atoms with E-state index in [1.54, 1.807) is 0 Å². The molecule has 0 amide bonds. The van der Waals surface area contributed by atoms with Crippen molar-refractivity contribution in [3.63, 3.8) is 0 Å². The summed E-state index contributed by atoms with van der Waals surface area (Å²) in [6, 6.07) is 4.36. The normalized spacial score (nSPS) is 27.6. The molecule has 19 heavy (non-hydrogen) atoms. The molecule has 0 radical (unpaired) electrons. The van der Waals surface area contributed by atoms with Gasteiger partial charge in [-0.25, -0.2) is 0 Å². The highest BCUT2D eigenvalue weighted by Crippen LogP contribution is 2.21. The Hall–Kier alpha value is -0.420. The highest BCUT2D eigenvalue weighted by Gasteiger charge is 2.24. The average Bonchev–Trinajstić information content (AvgIpc) is 2.73. The van der Waals surface area contributed by atoms with E-state index in [-0.39, 0.29) is 0 Å². The summed E-state index contributed by atoms with van der Waals surface area (Å²) in [4.78, 5) is 2.77. The minimum atomic E-state index is 0.329. The van der Waals surface area contributed by atoms with Crippen LogP contribution in [0.4, 0.5) is 0 Å². The molecule has 1 fully saturated rings. The van der Waals surface area contributed by atoms with Crippen LogP contribution in [0, 0.1) is 6.92 Å². The second-order valence-electron chi connectivity index (χ2n) is 5.41. The van der Waals surface area contributed by atoms with E-state index in [1.807, 2.05) is 11.3 Å². The Bertz CT molecular complexity index is 370. The molecule has 1 aliphatic heterocycles. The molecule has 1 aliphatic rings. The van der Waals surface area contributed by atoms with Crippen molar-refractivity contribution in [2.75, 3.05) is 13.2 Å². The zero-order valence-electron chi connectivity index (χ0n) is 12.1. The lowest BCUT2D eigenvalue weighted by molar-refractivity contribution is -0.101. The Balaban J connectivity index is 1.56. The summed E-state index contributed by atoms with van der Waals surface area (Å²) in [7, 11) is 0. The average molecular weight is 283 g/mol. The first-order valence-corrected chi connectivity index (χ1v) is 7.98. The maximum absolute atomic E-state index is 5.93. The first kappa shape index (κ1) is 15.0. The van der Waals surface area contributed by atoms with E-state index in [9.17, 15) is 0 Å². The molecule has 1 aromatic rings. The predicted octanol–water partition coefficient (Wildman–Crippen LogP) is 3.12. The lowest BCUT2D eigenvalue weighted by Gasteiger charge is -2.32. The smallest absolute Gasteiger partial charge is 0.0625 e. The van der Waals surface area contributed by atoms with Crippen LogP contribution < -0.4 is 5.32 Å². The highest BCUT2D eigenvalue weighted by atomic mass is 32.1. The number of hydrogen-bond donors (Lipinski definition) is 1. The SMILES string of the molecule is Cc1ccc(CNCCOC2CC(C)OC(C)C2)s1. The summed E-state index contributed by atoms with van der Waals surface area (Å²) in [6.07, 6.45) is 3.07. The quantitative estimate of drug-likeness (QED) is 0.814. The van der Waals surface area contributed by atoms with E-state index in [0.717, 1.165) is 32.5 Å². The van der Waals surface area contributed by atoms with Gasteiger partial charge in [-0.05, 0) is 45.7 Å². The van der Waals surface area contributed by atoms with Gasteiger partial charge in [-0.3, -0.25) is 0 Å². The molecular weight excluding hydrogens is 258 g/mol. The molecule has 2 unspecified atom stereocenters. The number of nitrogens with one attached hydrogen (secondary N) is 1. The summed E-state index contributed by atoms with van der Waals surface area (Å²) < 4.78 is 11.6.